The number of hydrogen-bond donors (Lipinski definition) is 4. The fourth-order valence-corrected chi connectivity index (χ4v) is 3.40. The van der Waals surface area contributed by atoms with Crippen molar-refractivity contribution < 1.29 is 33.1 Å². The van der Waals surface area contributed by atoms with Crippen LogP contribution in [0.3, 0.4) is 0 Å². The van der Waals surface area contributed by atoms with Crippen molar-refractivity contribution in [1.29, 1.82) is 0 Å². The summed E-state index contributed by atoms with van der Waals surface area (Å²) in [6.07, 6.45) is 0.476. The van der Waals surface area contributed by atoms with Crippen LogP contribution in [0.2, 0.25) is 0 Å². The van der Waals surface area contributed by atoms with Crippen molar-refractivity contribution in [2.75, 3.05) is 31.1 Å². The monoisotopic (exact) mass is 401 g/mol. The summed E-state index contributed by atoms with van der Waals surface area (Å²) in [6, 6.07) is 8.08. The van der Waals surface area contributed by atoms with Crippen LogP contribution in [0.15, 0.2) is 30.3 Å². The first-order valence-electron chi connectivity index (χ1n) is 8.64. The quantitative estimate of drug-likeness (QED) is 0.351. The number of nitrogens with one attached hydrogen (secondary N) is 2. The second-order valence-electron chi connectivity index (χ2n) is 6.77. The van der Waals surface area contributed by atoms with E-state index in [4.69, 9.17) is 15.1 Å². The number of amides is 1. The summed E-state index contributed by atoms with van der Waals surface area (Å²) in [5.74, 6) is -3.27. The fraction of sp³-hybridized carbons (Fsp3) is 0.444. The maximum absolute atomic E-state index is 11.2. The number of anilines is 1. The highest BCUT2D eigenvalue weighted by Gasteiger charge is 2.40. The van der Waals surface area contributed by atoms with Crippen LogP contribution in [0.25, 0.3) is 6.08 Å². The summed E-state index contributed by atoms with van der Waals surface area (Å²) in [4.78, 5) is 22.5. The number of rotatable bonds is 3. The molecule has 2 heterocycles. The molecule has 2 aliphatic heterocycles. The average molecular weight is 401 g/mol. The van der Waals surface area contributed by atoms with Gasteiger partial charge in [-0.3, -0.25) is 10.0 Å². The number of hydroxylamine groups is 1. The molecule has 0 aromatic heterocycles. The van der Waals surface area contributed by atoms with Gasteiger partial charge >= 0.3 is 12.1 Å². The van der Waals surface area contributed by atoms with Crippen LogP contribution in [-0.4, -0.2) is 54.5 Å². The van der Waals surface area contributed by atoms with Crippen LogP contribution in [0.5, 0.6) is 0 Å². The Morgan fingerprint density at radius 2 is 1.93 bits per heavy atom. The van der Waals surface area contributed by atoms with E-state index < -0.39 is 18.1 Å². The molecular formula is C18H22F3N3O4. The van der Waals surface area contributed by atoms with Crippen molar-refractivity contribution in [1.82, 2.24) is 10.8 Å². The highest BCUT2D eigenvalue weighted by Crippen LogP contribution is 2.39. The van der Waals surface area contributed by atoms with Crippen LogP contribution < -0.4 is 15.7 Å². The number of alkyl halides is 3. The van der Waals surface area contributed by atoms with E-state index in [-0.39, 0.29) is 0 Å². The topological polar surface area (TPSA) is 102 Å². The zero-order valence-corrected chi connectivity index (χ0v) is 15.0. The van der Waals surface area contributed by atoms with Crippen molar-refractivity contribution in [2.45, 2.75) is 19.0 Å². The lowest BCUT2D eigenvalue weighted by Gasteiger charge is -2.25. The lowest BCUT2D eigenvalue weighted by atomic mass is 9.86. The van der Waals surface area contributed by atoms with Crippen LogP contribution in [0.4, 0.5) is 18.9 Å². The van der Waals surface area contributed by atoms with E-state index >= 15 is 0 Å². The zero-order valence-electron chi connectivity index (χ0n) is 15.0. The largest absolute Gasteiger partial charge is 0.490 e. The predicted molar refractivity (Wildman–Crippen MR) is 95.8 cm³/mol. The Labute approximate surface area is 159 Å². The second kappa shape index (κ2) is 9.07. The Morgan fingerprint density at radius 1 is 1.25 bits per heavy atom. The lowest BCUT2D eigenvalue weighted by molar-refractivity contribution is -0.192. The van der Waals surface area contributed by atoms with Gasteiger partial charge in [-0.1, -0.05) is 18.2 Å². The number of nitrogens with zero attached hydrogens (tertiary/aromatic N) is 1. The molecule has 2 saturated heterocycles. The molecule has 4 N–H and O–H groups in total. The molecule has 28 heavy (non-hydrogen) atoms. The molecule has 0 saturated carbocycles. The number of carbonyl (C=O) groups excluding carboxylic acids is 1. The van der Waals surface area contributed by atoms with Crippen molar-refractivity contribution in [3.63, 3.8) is 0 Å². The molecule has 7 nitrogen and oxygen atoms in total. The standard InChI is InChI=1S/C16H21N3O2.C2HF3O2/c20-15(18-21)6-5-13-3-1-2-4-14(13)19-10-8-16(12-19)7-9-17-11-16;3-2(4,5)1(6)7/h1-6,17,21H,7-12H2,(H,18,20);(H,6,7)/b6-5+;. The van der Waals surface area contributed by atoms with Crippen molar-refractivity contribution in [3.05, 3.63) is 35.9 Å². The van der Waals surface area contributed by atoms with E-state index in [2.05, 4.69) is 16.3 Å². The normalized spacial score (nSPS) is 21.6. The van der Waals surface area contributed by atoms with Gasteiger partial charge in [0.2, 0.25) is 0 Å². The third kappa shape index (κ3) is 5.70. The molecule has 154 valence electrons. The third-order valence-electron chi connectivity index (χ3n) is 4.81. The third-order valence-corrected chi connectivity index (χ3v) is 4.81. The molecule has 2 aliphatic rings. The number of aliphatic carboxylic acids is 1. The van der Waals surface area contributed by atoms with Gasteiger partial charge in [-0.2, -0.15) is 13.2 Å². The maximum Gasteiger partial charge on any atom is 0.490 e. The van der Waals surface area contributed by atoms with E-state index in [0.717, 1.165) is 37.4 Å². The molecule has 0 aliphatic carbocycles. The van der Waals surface area contributed by atoms with Gasteiger partial charge in [-0.05, 0) is 37.1 Å². The molecule has 3 rings (SSSR count). The molecule has 10 heteroatoms. The van der Waals surface area contributed by atoms with E-state index in [1.165, 1.54) is 18.9 Å². The minimum Gasteiger partial charge on any atom is -0.475 e. The van der Waals surface area contributed by atoms with Gasteiger partial charge in [0.1, 0.15) is 0 Å². The summed E-state index contributed by atoms with van der Waals surface area (Å²) in [6.45, 7) is 4.34. The Morgan fingerprint density at radius 3 is 2.50 bits per heavy atom. The number of carboxylic acids is 1. The summed E-state index contributed by atoms with van der Waals surface area (Å²) < 4.78 is 31.7. The molecule has 2 fully saturated rings. The minimum atomic E-state index is -5.08. The van der Waals surface area contributed by atoms with E-state index in [0.29, 0.717) is 5.41 Å². The van der Waals surface area contributed by atoms with Crippen molar-refractivity contribution in [2.24, 2.45) is 5.41 Å². The maximum atomic E-state index is 11.2. The van der Waals surface area contributed by atoms with Gasteiger partial charge in [0.15, 0.2) is 0 Å². The summed E-state index contributed by atoms with van der Waals surface area (Å²) in [5.41, 5.74) is 4.19. The van der Waals surface area contributed by atoms with Crippen LogP contribution in [0.1, 0.15) is 18.4 Å². The summed E-state index contributed by atoms with van der Waals surface area (Å²) in [7, 11) is 0. The number of benzene rings is 1. The molecular weight excluding hydrogens is 379 g/mol. The van der Waals surface area contributed by atoms with Crippen LogP contribution in [-0.2, 0) is 9.59 Å². The predicted octanol–water partition coefficient (Wildman–Crippen LogP) is 2.03. The number of carbonyl (C=O) groups is 2. The Hall–Kier alpha value is -2.59. The number of hydrogen-bond acceptors (Lipinski definition) is 5. The smallest absolute Gasteiger partial charge is 0.475 e. The Bertz CT molecular complexity index is 731. The van der Waals surface area contributed by atoms with Crippen molar-refractivity contribution >= 4 is 23.6 Å². The summed E-state index contributed by atoms with van der Waals surface area (Å²) in [5, 5.41) is 19.2. The molecule has 1 aromatic carbocycles. The van der Waals surface area contributed by atoms with Gasteiger partial charge in [0.05, 0.1) is 0 Å². The minimum absolute atomic E-state index is 0.416. The number of carboxylic acid groups (broad SMARTS) is 1. The molecule has 1 spiro atoms. The molecule has 1 amide bonds. The molecule has 1 unspecified atom stereocenters. The molecule has 0 radical (unpaired) electrons. The van der Waals surface area contributed by atoms with E-state index in [9.17, 15) is 18.0 Å². The first kappa shape index (κ1) is 21.7. The molecule has 1 aromatic rings. The highest BCUT2D eigenvalue weighted by atomic mass is 19.4. The SMILES string of the molecule is O=C(/C=C/c1ccccc1N1CCC2(CCNC2)C1)NO.O=C(O)C(F)(F)F. The summed E-state index contributed by atoms with van der Waals surface area (Å²) >= 11 is 0. The van der Waals surface area contributed by atoms with Crippen LogP contribution in [0, 0.1) is 5.41 Å². The van der Waals surface area contributed by atoms with E-state index in [1.807, 2.05) is 18.2 Å². The molecule has 1 atom stereocenters. The first-order valence-corrected chi connectivity index (χ1v) is 8.64. The van der Waals surface area contributed by atoms with Gasteiger partial charge in [-0.25, -0.2) is 10.3 Å². The Balaban J connectivity index is 0.000000345. The second-order valence-corrected chi connectivity index (χ2v) is 6.77. The van der Waals surface area contributed by atoms with Crippen LogP contribution >= 0.6 is 0 Å². The van der Waals surface area contributed by atoms with Gasteiger partial charge in [0, 0.05) is 36.8 Å². The lowest BCUT2D eigenvalue weighted by Crippen LogP contribution is -2.29. The van der Waals surface area contributed by atoms with Gasteiger partial charge in [-0.15, -0.1) is 0 Å². The number of halogens is 3. The van der Waals surface area contributed by atoms with E-state index in [1.54, 1.807) is 11.6 Å². The number of para-hydroxylation sites is 1. The zero-order chi connectivity index (χ0) is 20.8. The molecule has 0 bridgehead atoms. The van der Waals surface area contributed by atoms with Gasteiger partial charge < -0.3 is 15.3 Å². The highest BCUT2D eigenvalue weighted by molar-refractivity contribution is 5.91. The first-order chi connectivity index (χ1) is 13.2. The van der Waals surface area contributed by atoms with Crippen molar-refractivity contribution in [3.8, 4) is 0 Å². The fourth-order valence-electron chi connectivity index (χ4n) is 3.40. The Kier molecular flexibility index (Phi) is 7.03. The van der Waals surface area contributed by atoms with Gasteiger partial charge in [0.25, 0.3) is 5.91 Å². The average Bonchev–Trinajstić information content (AvgIpc) is 3.29.